The first kappa shape index (κ1) is 16.9. The Morgan fingerprint density at radius 1 is 1.10 bits per heavy atom. The van der Waals surface area contributed by atoms with Crippen LogP contribution in [0, 0.1) is 11.3 Å². The molecule has 20 heavy (non-hydrogen) atoms. The molecule has 0 aromatic carbocycles. The molecule has 0 atom stereocenters. The molecule has 1 aliphatic rings. The highest BCUT2D eigenvalue weighted by atomic mass is 32.2. The molecule has 1 saturated heterocycles. The van der Waals surface area contributed by atoms with Crippen molar-refractivity contribution in [3.05, 3.63) is 0 Å². The summed E-state index contributed by atoms with van der Waals surface area (Å²) in [5.74, 6) is -0.366. The van der Waals surface area contributed by atoms with Crippen molar-refractivity contribution in [2.24, 2.45) is 0 Å². The number of piperazine rings is 1. The maximum Gasteiger partial charge on any atom is 0.243 e. The van der Waals surface area contributed by atoms with E-state index in [-0.39, 0.29) is 5.91 Å². The number of nitriles is 1. The lowest BCUT2D eigenvalue weighted by Crippen LogP contribution is -2.59. The molecule has 1 fully saturated rings. The molecule has 1 aliphatic heterocycles. The predicted molar refractivity (Wildman–Crippen MR) is 76.8 cm³/mol. The maximum absolute atomic E-state index is 12.4. The largest absolute Gasteiger partial charge is 0.339 e. The van der Waals surface area contributed by atoms with E-state index in [9.17, 15) is 13.2 Å². The van der Waals surface area contributed by atoms with E-state index in [1.54, 1.807) is 4.90 Å². The van der Waals surface area contributed by atoms with E-state index >= 15 is 0 Å². The van der Waals surface area contributed by atoms with Gasteiger partial charge in [0.1, 0.15) is 10.3 Å². The molecular weight excluding hydrogens is 278 g/mol. The number of rotatable bonds is 3. The van der Waals surface area contributed by atoms with E-state index < -0.39 is 20.1 Å². The van der Waals surface area contributed by atoms with Gasteiger partial charge in [0.2, 0.25) is 5.91 Å². The minimum Gasteiger partial charge on any atom is -0.339 e. The zero-order chi connectivity index (χ0) is 15.8. The summed E-state index contributed by atoms with van der Waals surface area (Å²) in [5.41, 5.74) is -0.568. The molecule has 1 rings (SSSR count). The summed E-state index contributed by atoms with van der Waals surface area (Å²) in [6.45, 7) is 8.60. The Morgan fingerprint density at radius 3 is 1.90 bits per heavy atom. The number of amides is 1. The molecule has 0 N–H and O–H groups in total. The first-order chi connectivity index (χ1) is 8.93. The van der Waals surface area contributed by atoms with Crippen LogP contribution in [0.4, 0.5) is 0 Å². The Morgan fingerprint density at radius 2 is 1.55 bits per heavy atom. The molecule has 0 aromatic heterocycles. The highest BCUT2D eigenvalue weighted by Crippen LogP contribution is 2.22. The lowest BCUT2D eigenvalue weighted by atomic mass is 10.0. The van der Waals surface area contributed by atoms with Crippen LogP contribution in [0.15, 0.2) is 0 Å². The van der Waals surface area contributed by atoms with Gasteiger partial charge in [-0.2, -0.15) is 5.26 Å². The molecule has 1 heterocycles. The molecule has 0 bridgehead atoms. The fraction of sp³-hybridized carbons (Fsp3) is 0.846. The van der Waals surface area contributed by atoms with Crippen LogP contribution < -0.4 is 0 Å². The third-order valence-corrected chi connectivity index (χ3v) is 6.10. The van der Waals surface area contributed by atoms with Gasteiger partial charge in [-0.1, -0.05) is 0 Å². The van der Waals surface area contributed by atoms with Crippen LogP contribution in [0.1, 0.15) is 27.7 Å². The molecular formula is C13H23N3O3S. The van der Waals surface area contributed by atoms with Crippen LogP contribution in [-0.2, 0) is 14.6 Å². The number of hydrogen-bond donors (Lipinski definition) is 0. The summed E-state index contributed by atoms with van der Waals surface area (Å²) in [5, 5.41) is 9.11. The summed E-state index contributed by atoms with van der Waals surface area (Å²) in [4.78, 5) is 15.9. The van der Waals surface area contributed by atoms with E-state index in [4.69, 9.17) is 5.26 Å². The summed E-state index contributed by atoms with van der Waals surface area (Å²) in [6, 6.07) is 2.24. The molecule has 1 amide bonds. The molecule has 0 saturated carbocycles. The molecule has 0 spiro atoms. The van der Waals surface area contributed by atoms with Crippen molar-refractivity contribution in [2.45, 2.75) is 38.0 Å². The van der Waals surface area contributed by atoms with Gasteiger partial charge in [0.05, 0.1) is 6.07 Å². The van der Waals surface area contributed by atoms with Crippen LogP contribution >= 0.6 is 0 Å². The number of carbonyl (C=O) groups is 1. The molecule has 6 nitrogen and oxygen atoms in total. The fourth-order valence-electron chi connectivity index (χ4n) is 2.08. The quantitative estimate of drug-likeness (QED) is 0.746. The van der Waals surface area contributed by atoms with Crippen molar-refractivity contribution in [3.63, 3.8) is 0 Å². The van der Waals surface area contributed by atoms with E-state index in [1.165, 1.54) is 13.8 Å². The average Bonchev–Trinajstić information content (AvgIpc) is 2.36. The van der Waals surface area contributed by atoms with Gasteiger partial charge in [-0.05, 0) is 27.7 Å². The molecule has 114 valence electrons. The Bertz CT molecular complexity index is 524. The van der Waals surface area contributed by atoms with Crippen LogP contribution in [0.3, 0.4) is 0 Å². The Hall–Kier alpha value is -1.13. The molecule has 0 radical (unpaired) electrons. The second-order valence-corrected chi connectivity index (χ2v) is 8.80. The zero-order valence-electron chi connectivity index (χ0n) is 12.8. The molecule has 0 aliphatic carbocycles. The van der Waals surface area contributed by atoms with Gasteiger partial charge in [-0.25, -0.2) is 8.42 Å². The van der Waals surface area contributed by atoms with Gasteiger partial charge in [0.25, 0.3) is 0 Å². The van der Waals surface area contributed by atoms with Crippen molar-refractivity contribution in [3.8, 4) is 6.07 Å². The standard InChI is InChI=1S/C13H23N3O3S/c1-12(2,10-14)16-8-6-15(7-9-16)11(17)13(3,4)20(5,18)19/h6-9H2,1-5H3. The van der Waals surface area contributed by atoms with Crippen LogP contribution in [-0.4, -0.2) is 66.8 Å². The van der Waals surface area contributed by atoms with Crippen molar-refractivity contribution in [1.29, 1.82) is 5.26 Å². The summed E-state index contributed by atoms with van der Waals surface area (Å²) in [7, 11) is -3.45. The van der Waals surface area contributed by atoms with Gasteiger partial charge in [0.15, 0.2) is 9.84 Å². The second-order valence-electron chi connectivity index (χ2n) is 6.23. The normalized spacial score (nSPS) is 18.7. The van der Waals surface area contributed by atoms with Gasteiger partial charge < -0.3 is 4.90 Å². The van der Waals surface area contributed by atoms with Crippen LogP contribution in [0.5, 0.6) is 0 Å². The van der Waals surface area contributed by atoms with E-state index in [1.807, 2.05) is 18.7 Å². The second kappa shape index (κ2) is 5.34. The maximum atomic E-state index is 12.4. The highest BCUT2D eigenvalue weighted by Gasteiger charge is 2.42. The van der Waals surface area contributed by atoms with Gasteiger partial charge in [-0.3, -0.25) is 9.69 Å². The number of nitrogens with zero attached hydrogens (tertiary/aromatic N) is 3. The Balaban J connectivity index is 2.77. The fourth-order valence-corrected chi connectivity index (χ4v) is 2.52. The molecule has 0 unspecified atom stereocenters. The minimum atomic E-state index is -3.45. The molecule has 7 heteroatoms. The number of sulfone groups is 1. The van der Waals surface area contributed by atoms with Gasteiger partial charge >= 0.3 is 0 Å². The first-order valence-electron chi connectivity index (χ1n) is 6.59. The van der Waals surface area contributed by atoms with Crippen molar-refractivity contribution in [1.82, 2.24) is 9.80 Å². The predicted octanol–water partition coefficient (Wildman–Crippen LogP) is 0.256. The number of hydrogen-bond acceptors (Lipinski definition) is 5. The SMILES string of the molecule is CC(C)(C#N)N1CCN(C(=O)C(C)(C)S(C)(=O)=O)CC1. The average molecular weight is 301 g/mol. The van der Waals surface area contributed by atoms with Crippen molar-refractivity contribution in [2.75, 3.05) is 32.4 Å². The van der Waals surface area contributed by atoms with E-state index in [0.29, 0.717) is 26.2 Å². The Labute approximate surface area is 121 Å². The molecule has 0 aromatic rings. The first-order valence-corrected chi connectivity index (χ1v) is 8.48. The zero-order valence-corrected chi connectivity index (χ0v) is 13.6. The van der Waals surface area contributed by atoms with Crippen molar-refractivity contribution < 1.29 is 13.2 Å². The lowest BCUT2D eigenvalue weighted by Gasteiger charge is -2.42. The Kier molecular flexibility index (Phi) is 4.52. The highest BCUT2D eigenvalue weighted by molar-refractivity contribution is 7.92. The van der Waals surface area contributed by atoms with Gasteiger partial charge in [-0.15, -0.1) is 0 Å². The van der Waals surface area contributed by atoms with Crippen molar-refractivity contribution >= 4 is 15.7 Å². The topological polar surface area (TPSA) is 81.5 Å². The number of carbonyl (C=O) groups excluding carboxylic acids is 1. The third kappa shape index (κ3) is 3.13. The van der Waals surface area contributed by atoms with Crippen LogP contribution in [0.25, 0.3) is 0 Å². The monoisotopic (exact) mass is 301 g/mol. The van der Waals surface area contributed by atoms with E-state index in [2.05, 4.69) is 6.07 Å². The minimum absolute atomic E-state index is 0.366. The van der Waals surface area contributed by atoms with E-state index in [0.717, 1.165) is 6.26 Å². The lowest BCUT2D eigenvalue weighted by molar-refractivity contribution is -0.135. The summed E-state index contributed by atoms with van der Waals surface area (Å²) >= 11 is 0. The van der Waals surface area contributed by atoms with Crippen LogP contribution in [0.2, 0.25) is 0 Å². The summed E-state index contributed by atoms with van der Waals surface area (Å²) < 4.78 is 22.0. The smallest absolute Gasteiger partial charge is 0.243 e. The van der Waals surface area contributed by atoms with Gasteiger partial charge in [0, 0.05) is 32.4 Å². The third-order valence-electron chi connectivity index (χ3n) is 4.07. The summed E-state index contributed by atoms with van der Waals surface area (Å²) in [6.07, 6.45) is 1.08.